The number of hydrogen-bond donors (Lipinski definition) is 2. The first-order valence-corrected chi connectivity index (χ1v) is 4.64. The van der Waals surface area contributed by atoms with Gasteiger partial charge in [0.15, 0.2) is 0 Å². The molecule has 0 bridgehead atoms. The number of carboxylic acids is 1. The van der Waals surface area contributed by atoms with Crippen LogP contribution in [0.5, 0.6) is 0 Å². The van der Waals surface area contributed by atoms with Crippen LogP contribution in [0.15, 0.2) is 0 Å². The molecule has 0 aromatic rings. The number of methoxy groups -OCH3 is 1. The Kier molecular flexibility index (Phi) is 6.64. The number of nitrogens with zero attached hydrogens (tertiary/aromatic N) is 1. The molecule has 1 unspecified atom stereocenters. The summed E-state index contributed by atoms with van der Waals surface area (Å²) in [4.78, 5) is 23.1. The first-order chi connectivity index (χ1) is 6.95. The Morgan fingerprint density at radius 2 is 2.07 bits per heavy atom. The van der Waals surface area contributed by atoms with Crippen molar-refractivity contribution in [2.45, 2.75) is 13.0 Å². The summed E-state index contributed by atoms with van der Waals surface area (Å²) in [6.45, 7) is 2.18. The van der Waals surface area contributed by atoms with Crippen LogP contribution in [0.25, 0.3) is 0 Å². The number of nitrogens with one attached hydrogen (secondary N) is 1. The summed E-state index contributed by atoms with van der Waals surface area (Å²) in [7, 11) is 3.13. The van der Waals surface area contributed by atoms with Crippen LogP contribution in [-0.4, -0.2) is 61.8 Å². The largest absolute Gasteiger partial charge is 0.480 e. The maximum Gasteiger partial charge on any atom is 0.317 e. The minimum atomic E-state index is -0.949. The summed E-state index contributed by atoms with van der Waals surface area (Å²) in [5.41, 5.74) is 0. The fourth-order valence-electron chi connectivity index (χ4n) is 1.14. The van der Waals surface area contributed by atoms with Gasteiger partial charge in [-0.25, -0.2) is 0 Å². The van der Waals surface area contributed by atoms with E-state index in [1.165, 1.54) is 4.90 Å². The SMILES string of the molecule is COCC(C)NC(=O)CN(C)CC(=O)O. The minimum Gasteiger partial charge on any atom is -0.480 e. The van der Waals surface area contributed by atoms with Crippen LogP contribution in [0.4, 0.5) is 0 Å². The van der Waals surface area contributed by atoms with Crippen molar-refractivity contribution in [1.29, 1.82) is 0 Å². The zero-order valence-electron chi connectivity index (χ0n) is 9.32. The van der Waals surface area contributed by atoms with Crippen molar-refractivity contribution in [3.8, 4) is 0 Å². The number of amides is 1. The van der Waals surface area contributed by atoms with Gasteiger partial charge in [0, 0.05) is 13.2 Å². The van der Waals surface area contributed by atoms with Gasteiger partial charge >= 0.3 is 5.97 Å². The summed E-state index contributed by atoms with van der Waals surface area (Å²) in [5, 5.41) is 11.2. The molecule has 0 aliphatic heterocycles. The van der Waals surface area contributed by atoms with E-state index in [0.29, 0.717) is 6.61 Å². The zero-order chi connectivity index (χ0) is 11.8. The highest BCUT2D eigenvalue weighted by molar-refractivity contribution is 5.79. The summed E-state index contributed by atoms with van der Waals surface area (Å²) < 4.78 is 4.85. The van der Waals surface area contributed by atoms with E-state index in [1.807, 2.05) is 6.92 Å². The fraction of sp³-hybridized carbons (Fsp3) is 0.778. The maximum atomic E-state index is 11.3. The molecule has 1 atom stereocenters. The molecule has 0 radical (unpaired) electrons. The van der Waals surface area contributed by atoms with E-state index in [0.717, 1.165) is 0 Å². The third-order valence-electron chi connectivity index (χ3n) is 1.64. The summed E-state index contributed by atoms with van der Waals surface area (Å²) >= 11 is 0. The van der Waals surface area contributed by atoms with Crippen LogP contribution in [0, 0.1) is 0 Å². The second-order valence-corrected chi connectivity index (χ2v) is 3.49. The van der Waals surface area contributed by atoms with Crippen LogP contribution >= 0.6 is 0 Å². The topological polar surface area (TPSA) is 78.9 Å². The number of ether oxygens (including phenoxy) is 1. The third-order valence-corrected chi connectivity index (χ3v) is 1.64. The average molecular weight is 218 g/mol. The highest BCUT2D eigenvalue weighted by Crippen LogP contribution is 1.86. The molecule has 0 saturated carbocycles. The molecule has 0 fully saturated rings. The average Bonchev–Trinajstić information content (AvgIpc) is 2.00. The molecule has 6 nitrogen and oxygen atoms in total. The van der Waals surface area contributed by atoms with Crippen molar-refractivity contribution < 1.29 is 19.4 Å². The van der Waals surface area contributed by atoms with Gasteiger partial charge in [-0.1, -0.05) is 0 Å². The van der Waals surface area contributed by atoms with Crippen molar-refractivity contribution in [3.05, 3.63) is 0 Å². The molecule has 0 aromatic carbocycles. The molecular weight excluding hydrogens is 200 g/mol. The first kappa shape index (κ1) is 13.9. The quantitative estimate of drug-likeness (QED) is 0.582. The van der Waals surface area contributed by atoms with Gasteiger partial charge in [-0.3, -0.25) is 14.5 Å². The molecule has 0 spiro atoms. The van der Waals surface area contributed by atoms with Gasteiger partial charge in [0.25, 0.3) is 0 Å². The molecular formula is C9H18N2O4. The maximum absolute atomic E-state index is 11.3. The Balaban J connectivity index is 3.77. The van der Waals surface area contributed by atoms with Crippen molar-refractivity contribution in [2.75, 3.05) is 33.9 Å². The predicted octanol–water partition coefficient (Wildman–Crippen LogP) is -0.846. The van der Waals surface area contributed by atoms with Crippen molar-refractivity contribution >= 4 is 11.9 Å². The van der Waals surface area contributed by atoms with E-state index >= 15 is 0 Å². The normalized spacial score (nSPS) is 12.5. The lowest BCUT2D eigenvalue weighted by Gasteiger charge is -2.16. The number of carboxylic acid groups (broad SMARTS) is 1. The van der Waals surface area contributed by atoms with E-state index in [4.69, 9.17) is 9.84 Å². The van der Waals surface area contributed by atoms with Crippen LogP contribution in [0.3, 0.4) is 0 Å². The molecule has 0 rings (SSSR count). The molecule has 6 heteroatoms. The monoisotopic (exact) mass is 218 g/mol. The Morgan fingerprint density at radius 1 is 1.47 bits per heavy atom. The third kappa shape index (κ3) is 7.90. The van der Waals surface area contributed by atoms with Crippen LogP contribution in [0.2, 0.25) is 0 Å². The van der Waals surface area contributed by atoms with E-state index in [-0.39, 0.29) is 25.0 Å². The van der Waals surface area contributed by atoms with E-state index in [1.54, 1.807) is 14.2 Å². The van der Waals surface area contributed by atoms with Crippen LogP contribution in [0.1, 0.15) is 6.92 Å². The van der Waals surface area contributed by atoms with Gasteiger partial charge in [-0.05, 0) is 14.0 Å². The van der Waals surface area contributed by atoms with E-state index in [9.17, 15) is 9.59 Å². The highest BCUT2D eigenvalue weighted by Gasteiger charge is 2.11. The number of carbonyl (C=O) groups excluding carboxylic acids is 1. The Hall–Kier alpha value is -1.14. The smallest absolute Gasteiger partial charge is 0.317 e. The molecule has 0 aromatic heterocycles. The molecule has 2 N–H and O–H groups in total. The summed E-state index contributed by atoms with van der Waals surface area (Å²) in [5.74, 6) is -1.15. The molecule has 1 amide bonds. The van der Waals surface area contributed by atoms with Crippen LogP contribution < -0.4 is 5.32 Å². The second-order valence-electron chi connectivity index (χ2n) is 3.49. The van der Waals surface area contributed by atoms with Gasteiger partial charge in [0.1, 0.15) is 0 Å². The predicted molar refractivity (Wildman–Crippen MR) is 54.6 cm³/mol. The van der Waals surface area contributed by atoms with Crippen molar-refractivity contribution in [1.82, 2.24) is 10.2 Å². The number of likely N-dealkylation sites (N-methyl/N-ethyl adjacent to an activating group) is 1. The Bertz CT molecular complexity index is 220. The van der Waals surface area contributed by atoms with Gasteiger partial charge < -0.3 is 15.2 Å². The number of aliphatic carboxylic acids is 1. The standard InChI is InChI=1S/C9H18N2O4/c1-7(6-15-3)10-8(12)4-11(2)5-9(13)14/h7H,4-6H2,1-3H3,(H,10,12)(H,13,14). The Labute approximate surface area is 89.2 Å². The molecule has 15 heavy (non-hydrogen) atoms. The lowest BCUT2D eigenvalue weighted by Crippen LogP contribution is -2.42. The summed E-state index contributed by atoms with van der Waals surface area (Å²) in [6.07, 6.45) is 0. The first-order valence-electron chi connectivity index (χ1n) is 4.64. The van der Waals surface area contributed by atoms with Gasteiger partial charge in [0.2, 0.25) is 5.91 Å². The lowest BCUT2D eigenvalue weighted by atomic mass is 10.3. The van der Waals surface area contributed by atoms with Crippen molar-refractivity contribution in [3.63, 3.8) is 0 Å². The minimum absolute atomic E-state index is 0.0688. The molecule has 88 valence electrons. The fourth-order valence-corrected chi connectivity index (χ4v) is 1.14. The Morgan fingerprint density at radius 3 is 2.53 bits per heavy atom. The van der Waals surface area contributed by atoms with Crippen molar-refractivity contribution in [2.24, 2.45) is 0 Å². The number of carbonyl (C=O) groups is 2. The van der Waals surface area contributed by atoms with Crippen LogP contribution in [-0.2, 0) is 14.3 Å². The van der Waals surface area contributed by atoms with E-state index < -0.39 is 5.97 Å². The highest BCUT2D eigenvalue weighted by atomic mass is 16.5. The summed E-state index contributed by atoms with van der Waals surface area (Å²) in [6, 6.07) is -0.0688. The van der Waals surface area contributed by atoms with E-state index in [2.05, 4.69) is 5.32 Å². The van der Waals surface area contributed by atoms with Gasteiger partial charge in [-0.15, -0.1) is 0 Å². The zero-order valence-corrected chi connectivity index (χ0v) is 9.32. The molecule has 0 saturated heterocycles. The lowest BCUT2D eigenvalue weighted by molar-refractivity contribution is -0.138. The number of rotatable bonds is 7. The molecule has 0 heterocycles. The molecule has 0 aliphatic rings. The number of hydrogen-bond acceptors (Lipinski definition) is 4. The molecule has 0 aliphatic carbocycles. The van der Waals surface area contributed by atoms with Gasteiger partial charge in [-0.2, -0.15) is 0 Å². The second kappa shape index (κ2) is 7.19. The van der Waals surface area contributed by atoms with Gasteiger partial charge in [0.05, 0.1) is 19.7 Å².